The largest absolute Gasteiger partial charge is 0.496 e. The summed E-state index contributed by atoms with van der Waals surface area (Å²) in [4.78, 5) is 29.2. The van der Waals surface area contributed by atoms with Crippen molar-refractivity contribution in [3.05, 3.63) is 48.2 Å². The minimum absolute atomic E-state index is 0.138. The normalized spacial score (nSPS) is 11.6. The van der Waals surface area contributed by atoms with E-state index in [1.54, 1.807) is 45.5 Å². The Morgan fingerprint density at radius 3 is 2.62 bits per heavy atom. The number of aliphatic carboxylic acids is 1. The lowest BCUT2D eigenvalue weighted by molar-refractivity contribution is -0.141. The number of pyridine rings is 1. The van der Waals surface area contributed by atoms with E-state index in [9.17, 15) is 9.59 Å². The first-order valence-electron chi connectivity index (χ1n) is 7.51. The van der Waals surface area contributed by atoms with Crippen LogP contribution in [0.15, 0.2) is 42.6 Å². The zero-order valence-electron chi connectivity index (χ0n) is 13.9. The highest BCUT2D eigenvalue weighted by molar-refractivity contribution is 5.96. The summed E-state index contributed by atoms with van der Waals surface area (Å²) in [6.45, 7) is 1.71. The molecule has 1 amide bonds. The number of carboxylic acids is 1. The Morgan fingerprint density at radius 2 is 2.04 bits per heavy atom. The number of hydrogen-bond donors (Lipinski definition) is 1. The first-order chi connectivity index (χ1) is 11.4. The Hall–Kier alpha value is -2.89. The fraction of sp³-hybridized carbons (Fsp3) is 0.278. The maximum atomic E-state index is 12.6. The minimum Gasteiger partial charge on any atom is -0.496 e. The van der Waals surface area contributed by atoms with Gasteiger partial charge < -0.3 is 14.7 Å². The van der Waals surface area contributed by atoms with E-state index in [-0.39, 0.29) is 12.5 Å². The number of aromatic nitrogens is 1. The topological polar surface area (TPSA) is 79.7 Å². The average Bonchev–Trinajstić information content (AvgIpc) is 2.61. The molecule has 0 saturated heterocycles. The van der Waals surface area contributed by atoms with Gasteiger partial charge in [0.05, 0.1) is 18.7 Å². The van der Waals surface area contributed by atoms with Crippen molar-refractivity contribution < 1.29 is 19.4 Å². The van der Waals surface area contributed by atoms with Crippen LogP contribution in [0, 0.1) is 5.92 Å². The Bertz CT molecular complexity index is 731. The van der Waals surface area contributed by atoms with E-state index in [1.807, 2.05) is 18.2 Å². The van der Waals surface area contributed by atoms with Crippen LogP contribution in [0.1, 0.15) is 17.3 Å². The summed E-state index contributed by atoms with van der Waals surface area (Å²) < 4.78 is 5.35. The quantitative estimate of drug-likeness (QED) is 0.881. The van der Waals surface area contributed by atoms with Gasteiger partial charge in [-0.25, -0.2) is 0 Å². The van der Waals surface area contributed by atoms with Crippen LogP contribution in [-0.4, -0.2) is 47.6 Å². The molecule has 1 atom stereocenters. The second-order valence-electron chi connectivity index (χ2n) is 5.56. The summed E-state index contributed by atoms with van der Waals surface area (Å²) in [7, 11) is 3.15. The van der Waals surface area contributed by atoms with E-state index in [0.717, 1.165) is 0 Å². The molecule has 6 nitrogen and oxygen atoms in total. The van der Waals surface area contributed by atoms with Crippen LogP contribution < -0.4 is 4.74 Å². The molecule has 1 heterocycles. The average molecular weight is 328 g/mol. The maximum absolute atomic E-state index is 12.6. The standard InChI is InChI=1S/C18H20N2O4/c1-12(18(22)23)11-20(2)17(21)13-7-8-16(24-3)14(10-13)15-6-4-5-9-19-15/h4-10,12H,11H2,1-3H3,(H,22,23). The van der Waals surface area contributed by atoms with E-state index in [1.165, 1.54) is 4.90 Å². The molecule has 2 rings (SSSR count). The summed E-state index contributed by atoms with van der Waals surface area (Å²) in [5, 5.41) is 8.98. The molecule has 0 saturated carbocycles. The minimum atomic E-state index is -0.932. The van der Waals surface area contributed by atoms with Crippen LogP contribution in [-0.2, 0) is 4.79 Å². The van der Waals surface area contributed by atoms with E-state index in [2.05, 4.69) is 4.98 Å². The van der Waals surface area contributed by atoms with Crippen molar-refractivity contribution in [3.8, 4) is 17.0 Å². The van der Waals surface area contributed by atoms with Crippen molar-refractivity contribution in [2.24, 2.45) is 5.92 Å². The van der Waals surface area contributed by atoms with Gasteiger partial charge in [-0.15, -0.1) is 0 Å². The molecule has 0 radical (unpaired) electrons. The predicted molar refractivity (Wildman–Crippen MR) is 90.0 cm³/mol. The number of amides is 1. The summed E-state index contributed by atoms with van der Waals surface area (Å²) >= 11 is 0. The number of carboxylic acid groups (broad SMARTS) is 1. The molecule has 0 aliphatic heterocycles. The first-order valence-corrected chi connectivity index (χ1v) is 7.51. The van der Waals surface area contributed by atoms with Crippen molar-refractivity contribution in [2.75, 3.05) is 20.7 Å². The SMILES string of the molecule is COc1ccc(C(=O)N(C)CC(C)C(=O)O)cc1-c1ccccn1. The van der Waals surface area contributed by atoms with Gasteiger partial charge in [0.15, 0.2) is 0 Å². The molecule has 0 fully saturated rings. The highest BCUT2D eigenvalue weighted by atomic mass is 16.5. The third-order valence-corrected chi connectivity index (χ3v) is 3.70. The molecule has 1 unspecified atom stereocenters. The molecule has 0 spiro atoms. The van der Waals surface area contributed by atoms with Crippen molar-refractivity contribution in [3.63, 3.8) is 0 Å². The lowest BCUT2D eigenvalue weighted by Crippen LogP contribution is -2.33. The fourth-order valence-electron chi connectivity index (χ4n) is 2.36. The second kappa shape index (κ2) is 7.59. The number of rotatable bonds is 6. The Kier molecular flexibility index (Phi) is 5.52. The van der Waals surface area contributed by atoms with Gasteiger partial charge in [0.1, 0.15) is 5.75 Å². The number of ether oxygens (including phenoxy) is 1. The van der Waals surface area contributed by atoms with Crippen molar-refractivity contribution in [1.82, 2.24) is 9.88 Å². The van der Waals surface area contributed by atoms with Gasteiger partial charge in [-0.1, -0.05) is 13.0 Å². The summed E-state index contributed by atoms with van der Waals surface area (Å²) in [5.41, 5.74) is 1.87. The summed E-state index contributed by atoms with van der Waals surface area (Å²) in [6, 6.07) is 10.6. The van der Waals surface area contributed by atoms with E-state index in [0.29, 0.717) is 22.6 Å². The number of carbonyl (C=O) groups excluding carboxylic acids is 1. The van der Waals surface area contributed by atoms with Gasteiger partial charge >= 0.3 is 5.97 Å². The van der Waals surface area contributed by atoms with Crippen LogP contribution in [0.2, 0.25) is 0 Å². The van der Waals surface area contributed by atoms with Crippen LogP contribution in [0.5, 0.6) is 5.75 Å². The number of hydrogen-bond acceptors (Lipinski definition) is 4. The zero-order chi connectivity index (χ0) is 17.7. The Morgan fingerprint density at radius 1 is 1.29 bits per heavy atom. The van der Waals surface area contributed by atoms with Crippen molar-refractivity contribution in [1.29, 1.82) is 0 Å². The number of carbonyl (C=O) groups is 2. The van der Waals surface area contributed by atoms with E-state index in [4.69, 9.17) is 9.84 Å². The van der Waals surface area contributed by atoms with Gasteiger partial charge in [-0.2, -0.15) is 0 Å². The molecule has 0 aliphatic rings. The molecule has 126 valence electrons. The van der Waals surface area contributed by atoms with Gasteiger partial charge in [0.25, 0.3) is 5.91 Å². The molecule has 24 heavy (non-hydrogen) atoms. The molecule has 1 aromatic heterocycles. The lowest BCUT2D eigenvalue weighted by Gasteiger charge is -2.20. The zero-order valence-corrected chi connectivity index (χ0v) is 13.9. The molecular weight excluding hydrogens is 308 g/mol. The molecule has 0 aliphatic carbocycles. The van der Waals surface area contributed by atoms with E-state index >= 15 is 0 Å². The van der Waals surface area contributed by atoms with Crippen molar-refractivity contribution in [2.45, 2.75) is 6.92 Å². The van der Waals surface area contributed by atoms with Crippen LogP contribution >= 0.6 is 0 Å². The number of nitrogens with zero attached hydrogens (tertiary/aromatic N) is 2. The van der Waals surface area contributed by atoms with Gasteiger partial charge in [-0.3, -0.25) is 14.6 Å². The molecular formula is C18H20N2O4. The Balaban J connectivity index is 2.31. The van der Waals surface area contributed by atoms with Gasteiger partial charge in [0, 0.05) is 30.9 Å². The third-order valence-electron chi connectivity index (χ3n) is 3.70. The van der Waals surface area contributed by atoms with E-state index < -0.39 is 11.9 Å². The highest BCUT2D eigenvalue weighted by Crippen LogP contribution is 2.29. The fourth-order valence-corrected chi connectivity index (χ4v) is 2.36. The van der Waals surface area contributed by atoms with Crippen LogP contribution in [0.25, 0.3) is 11.3 Å². The smallest absolute Gasteiger partial charge is 0.308 e. The lowest BCUT2D eigenvalue weighted by atomic mass is 10.0. The predicted octanol–water partition coefficient (Wildman–Crippen LogP) is 2.55. The third kappa shape index (κ3) is 3.90. The Labute approximate surface area is 140 Å². The highest BCUT2D eigenvalue weighted by Gasteiger charge is 2.20. The van der Waals surface area contributed by atoms with Gasteiger partial charge in [0.2, 0.25) is 0 Å². The molecule has 1 N–H and O–H groups in total. The number of methoxy groups -OCH3 is 1. The van der Waals surface area contributed by atoms with Crippen molar-refractivity contribution >= 4 is 11.9 Å². The first kappa shape index (κ1) is 17.5. The molecule has 1 aromatic carbocycles. The maximum Gasteiger partial charge on any atom is 0.308 e. The van der Waals surface area contributed by atoms with Crippen LogP contribution in [0.3, 0.4) is 0 Å². The summed E-state index contributed by atoms with van der Waals surface area (Å²) in [5.74, 6) is -1.19. The second-order valence-corrected chi connectivity index (χ2v) is 5.56. The number of benzene rings is 1. The van der Waals surface area contributed by atoms with Gasteiger partial charge in [-0.05, 0) is 30.3 Å². The molecule has 0 bridgehead atoms. The monoisotopic (exact) mass is 328 g/mol. The summed E-state index contributed by atoms with van der Waals surface area (Å²) in [6.07, 6.45) is 1.67. The molecule has 2 aromatic rings. The molecule has 6 heteroatoms. The van der Waals surface area contributed by atoms with Crippen LogP contribution in [0.4, 0.5) is 0 Å².